The lowest BCUT2D eigenvalue weighted by Gasteiger charge is -2.26. The molecule has 2 N–H and O–H groups in total. The van der Waals surface area contributed by atoms with Crippen molar-refractivity contribution in [2.24, 2.45) is 5.73 Å². The minimum absolute atomic E-state index is 0.0786. The van der Waals surface area contributed by atoms with Crippen molar-refractivity contribution in [2.75, 3.05) is 26.1 Å². The summed E-state index contributed by atoms with van der Waals surface area (Å²) in [5, 5.41) is 13.9. The maximum Gasteiger partial charge on any atom is 0.205 e. The van der Waals surface area contributed by atoms with E-state index in [2.05, 4.69) is 11.2 Å². The molecule has 7 nitrogen and oxygen atoms in total. The van der Waals surface area contributed by atoms with Gasteiger partial charge in [0.1, 0.15) is 23.1 Å². The summed E-state index contributed by atoms with van der Waals surface area (Å²) in [4.78, 5) is 1.97. The molecule has 1 unspecified atom stereocenters. The van der Waals surface area contributed by atoms with Crippen LogP contribution in [0, 0.1) is 11.3 Å². The zero-order valence-electron chi connectivity index (χ0n) is 16.3. The van der Waals surface area contributed by atoms with Crippen LogP contribution in [0.15, 0.2) is 64.5 Å². The molecule has 0 amide bonds. The molecule has 2 aromatic carbocycles. The maximum atomic E-state index is 9.69. The van der Waals surface area contributed by atoms with E-state index in [9.17, 15) is 5.26 Å². The smallest absolute Gasteiger partial charge is 0.205 e. The van der Waals surface area contributed by atoms with Crippen molar-refractivity contribution in [1.82, 2.24) is 5.16 Å². The summed E-state index contributed by atoms with van der Waals surface area (Å²) in [6.45, 7) is 0. The van der Waals surface area contributed by atoms with Crippen molar-refractivity contribution in [3.8, 4) is 28.9 Å². The molecule has 1 atom stereocenters. The highest BCUT2D eigenvalue weighted by molar-refractivity contribution is 5.63. The van der Waals surface area contributed by atoms with Crippen LogP contribution in [0.4, 0.5) is 5.69 Å². The second kappa shape index (κ2) is 7.24. The van der Waals surface area contributed by atoms with Crippen molar-refractivity contribution in [2.45, 2.75) is 5.92 Å². The van der Waals surface area contributed by atoms with Crippen molar-refractivity contribution < 1.29 is 14.0 Å². The van der Waals surface area contributed by atoms with E-state index in [4.69, 9.17) is 19.7 Å². The summed E-state index contributed by atoms with van der Waals surface area (Å²) in [6, 6.07) is 17.3. The van der Waals surface area contributed by atoms with Gasteiger partial charge in [0, 0.05) is 43.0 Å². The molecule has 1 aliphatic rings. The molecule has 29 heavy (non-hydrogen) atoms. The average Bonchev–Trinajstić information content (AvgIpc) is 3.22. The van der Waals surface area contributed by atoms with Gasteiger partial charge in [0.15, 0.2) is 5.76 Å². The fourth-order valence-corrected chi connectivity index (χ4v) is 3.34. The Labute approximate surface area is 168 Å². The number of nitriles is 1. The third-order valence-electron chi connectivity index (χ3n) is 4.92. The van der Waals surface area contributed by atoms with Gasteiger partial charge in [-0.1, -0.05) is 11.2 Å². The van der Waals surface area contributed by atoms with Crippen molar-refractivity contribution >= 4 is 5.69 Å². The first-order valence-corrected chi connectivity index (χ1v) is 9.01. The first-order valence-electron chi connectivity index (χ1n) is 9.01. The molecule has 4 rings (SSSR count). The molecule has 146 valence electrons. The van der Waals surface area contributed by atoms with Crippen LogP contribution in [-0.2, 0) is 0 Å². The van der Waals surface area contributed by atoms with E-state index in [1.807, 2.05) is 67.5 Å². The van der Waals surface area contributed by atoms with Crippen LogP contribution in [0.3, 0.4) is 0 Å². The first-order chi connectivity index (χ1) is 14.0. The highest BCUT2D eigenvalue weighted by Gasteiger charge is 2.33. The molecule has 0 radical (unpaired) electrons. The van der Waals surface area contributed by atoms with Crippen LogP contribution in [0.2, 0.25) is 0 Å². The predicted octanol–water partition coefficient (Wildman–Crippen LogP) is 3.63. The lowest BCUT2D eigenvalue weighted by Crippen LogP contribution is -2.21. The third-order valence-corrected chi connectivity index (χ3v) is 4.92. The van der Waals surface area contributed by atoms with E-state index in [-0.39, 0.29) is 5.88 Å². The number of aromatic nitrogens is 1. The number of fused-ring (bicyclic) bond motifs is 1. The number of benzene rings is 2. The maximum absolute atomic E-state index is 9.69. The van der Waals surface area contributed by atoms with Gasteiger partial charge in [-0.3, -0.25) is 0 Å². The van der Waals surface area contributed by atoms with Gasteiger partial charge in [-0.25, -0.2) is 0 Å². The Bertz CT molecular complexity index is 1120. The zero-order chi connectivity index (χ0) is 20.5. The van der Waals surface area contributed by atoms with Gasteiger partial charge in [0.05, 0.1) is 18.7 Å². The lowest BCUT2D eigenvalue weighted by atomic mass is 9.86. The van der Waals surface area contributed by atoms with Gasteiger partial charge in [-0.2, -0.15) is 5.26 Å². The quantitative estimate of drug-likeness (QED) is 0.729. The first kappa shape index (κ1) is 18.4. The predicted molar refractivity (Wildman–Crippen MR) is 109 cm³/mol. The molecule has 2 heterocycles. The van der Waals surface area contributed by atoms with Crippen LogP contribution < -0.4 is 20.1 Å². The number of hydrogen-bond acceptors (Lipinski definition) is 7. The molecule has 3 aromatic rings. The Hall–Kier alpha value is -3.92. The molecular weight excluding hydrogens is 368 g/mol. The Morgan fingerprint density at radius 3 is 2.55 bits per heavy atom. The molecule has 1 aliphatic heterocycles. The minimum Gasteiger partial charge on any atom is -0.497 e. The topological polar surface area (TPSA) is 97.5 Å². The second-order valence-corrected chi connectivity index (χ2v) is 6.89. The van der Waals surface area contributed by atoms with Crippen LogP contribution in [-0.4, -0.2) is 26.4 Å². The van der Waals surface area contributed by atoms with Crippen LogP contribution in [0.1, 0.15) is 17.2 Å². The molecule has 0 bridgehead atoms. The number of ether oxygens (including phenoxy) is 2. The number of methoxy groups -OCH3 is 1. The van der Waals surface area contributed by atoms with E-state index in [0.29, 0.717) is 22.8 Å². The minimum atomic E-state index is -0.462. The standard InChI is InChI=1S/C22H20N4O3/c1-26(2)14-6-9-16-20(10-14)28-22(24)17(12-23)21(16)18-11-19(29-25-18)13-4-7-15(27-3)8-5-13/h4-11,21H,24H2,1-3H3. The number of nitrogens with two attached hydrogens (primary N) is 1. The number of allylic oxidation sites excluding steroid dienone is 1. The fourth-order valence-electron chi connectivity index (χ4n) is 3.34. The number of rotatable bonds is 4. The summed E-state index contributed by atoms with van der Waals surface area (Å²) >= 11 is 0. The highest BCUT2D eigenvalue weighted by Crippen LogP contribution is 2.43. The summed E-state index contributed by atoms with van der Waals surface area (Å²) in [6.07, 6.45) is 0. The number of hydrogen-bond donors (Lipinski definition) is 1. The van der Waals surface area contributed by atoms with Gasteiger partial charge in [0.2, 0.25) is 5.88 Å². The number of nitrogens with zero attached hydrogens (tertiary/aromatic N) is 3. The molecule has 0 spiro atoms. The molecule has 0 fully saturated rings. The molecule has 0 saturated heterocycles. The lowest BCUT2D eigenvalue weighted by molar-refractivity contribution is 0.386. The van der Waals surface area contributed by atoms with Gasteiger partial charge < -0.3 is 24.6 Å². The SMILES string of the molecule is COc1ccc(-c2cc(C3C(C#N)=C(N)Oc4cc(N(C)C)ccc43)no2)cc1. The highest BCUT2D eigenvalue weighted by atomic mass is 16.5. The van der Waals surface area contributed by atoms with E-state index < -0.39 is 5.92 Å². The normalized spacial score (nSPS) is 15.3. The van der Waals surface area contributed by atoms with Gasteiger partial charge in [-0.15, -0.1) is 0 Å². The van der Waals surface area contributed by atoms with E-state index >= 15 is 0 Å². The van der Waals surface area contributed by atoms with Gasteiger partial charge >= 0.3 is 0 Å². The molecule has 0 aliphatic carbocycles. The Morgan fingerprint density at radius 1 is 1.14 bits per heavy atom. The Morgan fingerprint density at radius 2 is 1.90 bits per heavy atom. The largest absolute Gasteiger partial charge is 0.497 e. The van der Waals surface area contributed by atoms with E-state index in [1.165, 1.54) is 0 Å². The fraction of sp³-hybridized carbons (Fsp3) is 0.182. The number of anilines is 1. The second-order valence-electron chi connectivity index (χ2n) is 6.89. The summed E-state index contributed by atoms with van der Waals surface area (Å²) in [7, 11) is 5.51. The van der Waals surface area contributed by atoms with E-state index in [0.717, 1.165) is 22.6 Å². The Balaban J connectivity index is 1.77. The van der Waals surface area contributed by atoms with Crippen molar-refractivity contribution in [1.29, 1.82) is 5.26 Å². The molecule has 0 saturated carbocycles. The molecule has 1 aromatic heterocycles. The summed E-state index contributed by atoms with van der Waals surface area (Å²) in [5.41, 5.74) is 9.60. The van der Waals surface area contributed by atoms with Crippen molar-refractivity contribution in [3.63, 3.8) is 0 Å². The zero-order valence-corrected chi connectivity index (χ0v) is 16.3. The van der Waals surface area contributed by atoms with Crippen LogP contribution >= 0.6 is 0 Å². The summed E-state index contributed by atoms with van der Waals surface area (Å²) in [5.74, 6) is 1.57. The third kappa shape index (κ3) is 3.25. The Kier molecular flexibility index (Phi) is 4.61. The molecular formula is C22H20N4O3. The molecule has 7 heteroatoms. The van der Waals surface area contributed by atoms with Gasteiger partial charge in [-0.05, 0) is 30.3 Å². The average molecular weight is 388 g/mol. The van der Waals surface area contributed by atoms with Crippen LogP contribution in [0.25, 0.3) is 11.3 Å². The monoisotopic (exact) mass is 388 g/mol. The van der Waals surface area contributed by atoms with Crippen LogP contribution in [0.5, 0.6) is 11.5 Å². The van der Waals surface area contributed by atoms with Gasteiger partial charge in [0.25, 0.3) is 0 Å². The summed E-state index contributed by atoms with van der Waals surface area (Å²) < 4.78 is 16.5. The van der Waals surface area contributed by atoms with Crippen molar-refractivity contribution in [3.05, 3.63) is 71.2 Å². The van der Waals surface area contributed by atoms with E-state index in [1.54, 1.807) is 7.11 Å².